The molecule has 1 N–H and O–H groups in total. The summed E-state index contributed by atoms with van der Waals surface area (Å²) in [5.74, 6) is 0.772. The molecule has 0 amide bonds. The highest BCUT2D eigenvalue weighted by molar-refractivity contribution is 7.89. The lowest BCUT2D eigenvalue weighted by Crippen LogP contribution is -2.24. The number of carbonyl (C=O) groups is 1. The lowest BCUT2D eigenvalue weighted by atomic mass is 10.2. The van der Waals surface area contributed by atoms with Crippen LogP contribution in [-0.2, 0) is 10.0 Å². The Morgan fingerprint density at radius 3 is 2.39 bits per heavy atom. The maximum Gasteiger partial charge on any atom is 0.240 e. The molecule has 0 aliphatic carbocycles. The van der Waals surface area contributed by atoms with Crippen molar-refractivity contribution < 1.29 is 17.6 Å². The van der Waals surface area contributed by atoms with Gasteiger partial charge in [0, 0.05) is 12.1 Å². The molecule has 124 valence electrons. The van der Waals surface area contributed by atoms with Crippen LogP contribution in [0.3, 0.4) is 0 Å². The molecule has 0 radical (unpaired) electrons. The predicted molar refractivity (Wildman–Crippen MR) is 88.9 cm³/mol. The fourth-order valence-electron chi connectivity index (χ4n) is 2.21. The summed E-state index contributed by atoms with van der Waals surface area (Å²) in [5.41, 5.74) is 0.722. The number of unbranched alkanes of at least 4 members (excludes halogenated alkanes) is 3. The summed E-state index contributed by atoms with van der Waals surface area (Å²) in [4.78, 5) is 10.8. The average Bonchev–Trinajstić information content (AvgIpc) is 3.04. The highest BCUT2D eigenvalue weighted by Crippen LogP contribution is 2.23. The molecule has 0 aliphatic rings. The SMILES string of the molecule is CCCCCCNS(=O)(=O)c1ccc(-c2ccc(C=O)o2)cc1. The quantitative estimate of drug-likeness (QED) is 0.561. The zero-order valence-corrected chi connectivity index (χ0v) is 13.9. The first kappa shape index (κ1) is 17.4. The average molecular weight is 335 g/mol. The lowest BCUT2D eigenvalue weighted by molar-refractivity contribution is 0.110. The molecule has 0 aliphatic heterocycles. The number of nitrogens with one attached hydrogen (secondary N) is 1. The van der Waals surface area contributed by atoms with Crippen LogP contribution in [0.2, 0.25) is 0 Å². The van der Waals surface area contributed by atoms with E-state index in [1.165, 1.54) is 12.1 Å². The van der Waals surface area contributed by atoms with E-state index in [-0.39, 0.29) is 10.7 Å². The minimum Gasteiger partial charge on any atom is -0.453 e. The van der Waals surface area contributed by atoms with Gasteiger partial charge >= 0.3 is 0 Å². The van der Waals surface area contributed by atoms with E-state index in [0.29, 0.717) is 18.6 Å². The molecule has 1 heterocycles. The van der Waals surface area contributed by atoms with Crippen LogP contribution in [0.5, 0.6) is 0 Å². The topological polar surface area (TPSA) is 76.4 Å². The number of benzene rings is 1. The van der Waals surface area contributed by atoms with Crippen molar-refractivity contribution >= 4 is 16.3 Å². The molecule has 5 nitrogen and oxygen atoms in total. The largest absolute Gasteiger partial charge is 0.453 e. The van der Waals surface area contributed by atoms with Gasteiger partial charge in [-0.3, -0.25) is 4.79 Å². The maximum atomic E-state index is 12.2. The number of hydrogen-bond donors (Lipinski definition) is 1. The van der Waals surface area contributed by atoms with Gasteiger partial charge in [-0.05, 0) is 42.8 Å². The molecule has 1 aromatic carbocycles. The van der Waals surface area contributed by atoms with E-state index in [1.807, 2.05) is 0 Å². The first-order chi connectivity index (χ1) is 11.1. The molecule has 0 bridgehead atoms. The fourth-order valence-corrected chi connectivity index (χ4v) is 3.29. The number of furan rings is 1. The van der Waals surface area contributed by atoms with E-state index >= 15 is 0 Å². The molecule has 0 atom stereocenters. The second-order valence-electron chi connectivity index (χ2n) is 5.30. The summed E-state index contributed by atoms with van der Waals surface area (Å²) in [6.07, 6.45) is 4.72. The Kier molecular flexibility index (Phi) is 6.12. The van der Waals surface area contributed by atoms with E-state index in [1.54, 1.807) is 24.3 Å². The molecule has 1 aromatic heterocycles. The molecule has 23 heavy (non-hydrogen) atoms. The highest BCUT2D eigenvalue weighted by atomic mass is 32.2. The fraction of sp³-hybridized carbons (Fsp3) is 0.353. The Balaban J connectivity index is 2.01. The normalized spacial score (nSPS) is 11.5. The zero-order chi connectivity index (χ0) is 16.7. The van der Waals surface area contributed by atoms with Crippen LogP contribution in [0.15, 0.2) is 45.7 Å². The van der Waals surface area contributed by atoms with Gasteiger partial charge in [-0.25, -0.2) is 13.1 Å². The van der Waals surface area contributed by atoms with Crippen LogP contribution in [0.1, 0.15) is 43.2 Å². The third kappa shape index (κ3) is 4.77. The minimum absolute atomic E-state index is 0.221. The van der Waals surface area contributed by atoms with Gasteiger partial charge in [0.15, 0.2) is 12.0 Å². The predicted octanol–water partition coefficient (Wildman–Crippen LogP) is 3.62. The van der Waals surface area contributed by atoms with Gasteiger partial charge < -0.3 is 4.42 Å². The molecular weight excluding hydrogens is 314 g/mol. The Bertz CT molecular complexity index is 732. The van der Waals surface area contributed by atoms with Gasteiger partial charge in [-0.1, -0.05) is 26.2 Å². The second-order valence-corrected chi connectivity index (χ2v) is 7.07. The molecule has 2 aromatic rings. The van der Waals surface area contributed by atoms with Gasteiger partial charge in [0.2, 0.25) is 10.0 Å². The number of sulfonamides is 1. The number of carbonyl (C=O) groups excluding carboxylic acids is 1. The summed E-state index contributed by atoms with van der Waals surface area (Å²) in [6, 6.07) is 9.65. The van der Waals surface area contributed by atoms with Crippen LogP contribution < -0.4 is 4.72 Å². The Labute approximate surface area is 136 Å². The van der Waals surface area contributed by atoms with Crippen LogP contribution in [0.25, 0.3) is 11.3 Å². The van der Waals surface area contributed by atoms with Crippen molar-refractivity contribution in [3.8, 4) is 11.3 Å². The number of aldehydes is 1. The monoisotopic (exact) mass is 335 g/mol. The van der Waals surface area contributed by atoms with E-state index in [2.05, 4.69) is 11.6 Å². The molecule has 0 saturated carbocycles. The van der Waals surface area contributed by atoms with E-state index in [9.17, 15) is 13.2 Å². The zero-order valence-electron chi connectivity index (χ0n) is 13.1. The summed E-state index contributed by atoms with van der Waals surface area (Å²) >= 11 is 0. The molecule has 0 saturated heterocycles. The maximum absolute atomic E-state index is 12.2. The Morgan fingerprint density at radius 2 is 1.78 bits per heavy atom. The third-order valence-electron chi connectivity index (χ3n) is 3.51. The van der Waals surface area contributed by atoms with Crippen molar-refractivity contribution in [2.75, 3.05) is 6.54 Å². The second kappa shape index (κ2) is 8.08. The van der Waals surface area contributed by atoms with E-state index in [4.69, 9.17) is 4.42 Å². The molecule has 2 rings (SSSR count). The van der Waals surface area contributed by atoms with Crippen LogP contribution in [0, 0.1) is 0 Å². The summed E-state index contributed by atoms with van der Waals surface area (Å²) in [6.45, 7) is 2.56. The Morgan fingerprint density at radius 1 is 1.04 bits per heavy atom. The van der Waals surface area contributed by atoms with Gasteiger partial charge in [0.1, 0.15) is 5.76 Å². The molecule has 6 heteroatoms. The first-order valence-corrected chi connectivity index (χ1v) is 9.20. The standard InChI is InChI=1S/C17H21NO4S/c1-2-3-4-5-12-18-23(20,21)16-9-6-14(7-10-16)17-11-8-15(13-19)22-17/h6-11,13,18H,2-5,12H2,1H3. The summed E-state index contributed by atoms with van der Waals surface area (Å²) in [7, 11) is -3.48. The van der Waals surface area contributed by atoms with Crippen molar-refractivity contribution in [2.24, 2.45) is 0 Å². The van der Waals surface area contributed by atoms with Crippen LogP contribution in [0.4, 0.5) is 0 Å². The molecule has 0 unspecified atom stereocenters. The lowest BCUT2D eigenvalue weighted by Gasteiger charge is -2.07. The van der Waals surface area contributed by atoms with Crippen molar-refractivity contribution in [1.29, 1.82) is 0 Å². The summed E-state index contributed by atoms with van der Waals surface area (Å²) in [5, 5.41) is 0. The van der Waals surface area contributed by atoms with Crippen molar-refractivity contribution in [3.63, 3.8) is 0 Å². The van der Waals surface area contributed by atoms with Crippen LogP contribution >= 0.6 is 0 Å². The molecule has 0 fully saturated rings. The van der Waals surface area contributed by atoms with Gasteiger partial charge in [-0.2, -0.15) is 0 Å². The number of hydrogen-bond acceptors (Lipinski definition) is 4. The van der Waals surface area contributed by atoms with Crippen molar-refractivity contribution in [2.45, 2.75) is 37.5 Å². The molecular formula is C17H21NO4S. The van der Waals surface area contributed by atoms with Crippen molar-refractivity contribution in [3.05, 3.63) is 42.2 Å². The van der Waals surface area contributed by atoms with Crippen molar-refractivity contribution in [1.82, 2.24) is 4.72 Å². The first-order valence-electron chi connectivity index (χ1n) is 7.72. The van der Waals surface area contributed by atoms with Crippen LogP contribution in [-0.4, -0.2) is 21.2 Å². The molecule has 0 spiro atoms. The smallest absolute Gasteiger partial charge is 0.240 e. The van der Waals surface area contributed by atoms with E-state index in [0.717, 1.165) is 31.2 Å². The van der Waals surface area contributed by atoms with Gasteiger partial charge in [0.25, 0.3) is 0 Å². The Hall–Kier alpha value is -1.92. The highest BCUT2D eigenvalue weighted by Gasteiger charge is 2.13. The van der Waals surface area contributed by atoms with E-state index < -0.39 is 10.0 Å². The van der Waals surface area contributed by atoms with Gasteiger partial charge in [-0.15, -0.1) is 0 Å². The van der Waals surface area contributed by atoms with Gasteiger partial charge in [0.05, 0.1) is 4.90 Å². The number of rotatable bonds is 9. The minimum atomic E-state index is -3.48. The summed E-state index contributed by atoms with van der Waals surface area (Å²) < 4.78 is 32.3. The third-order valence-corrected chi connectivity index (χ3v) is 4.99.